The summed E-state index contributed by atoms with van der Waals surface area (Å²) in [4.78, 5) is 33.3. The lowest BCUT2D eigenvalue weighted by molar-refractivity contribution is -0.118. The molecule has 2 heterocycles. The average molecular weight is 447 g/mol. The molecule has 0 unspecified atom stereocenters. The number of carbonyl (C=O) groups excluding carboxylic acids is 2. The van der Waals surface area contributed by atoms with Gasteiger partial charge in [-0.1, -0.05) is 24.3 Å². The minimum atomic E-state index is -0.252. The van der Waals surface area contributed by atoms with Crippen molar-refractivity contribution in [1.29, 1.82) is 0 Å². The van der Waals surface area contributed by atoms with E-state index in [0.717, 1.165) is 5.82 Å². The Hall–Kier alpha value is -4.07. The molecule has 0 saturated carbocycles. The topological polar surface area (TPSA) is 84.0 Å². The number of piperazine rings is 1. The lowest BCUT2D eigenvalue weighted by Gasteiger charge is -2.35. The number of benzene rings is 2. The summed E-state index contributed by atoms with van der Waals surface area (Å²) in [5.41, 5.74) is 1.23. The number of carbonyl (C=O) groups is 2. The van der Waals surface area contributed by atoms with Crippen LogP contribution in [0.25, 0.3) is 0 Å². The fourth-order valence-corrected chi connectivity index (χ4v) is 3.59. The van der Waals surface area contributed by atoms with Crippen molar-refractivity contribution in [3.8, 4) is 11.5 Å². The standard InChI is InChI=1S/C25H26N4O4/c1-32-22-9-5-6-19(16-22)25(31)29-14-12-28(13-15-29)23-11-10-20(17-26-23)27-24(30)18-33-21-7-3-2-4-8-21/h2-11,16-17H,12-15,18H2,1H3,(H,27,30). The number of amides is 2. The largest absolute Gasteiger partial charge is 0.497 e. The van der Waals surface area contributed by atoms with Gasteiger partial charge in [0.05, 0.1) is 19.0 Å². The first-order valence-corrected chi connectivity index (χ1v) is 10.7. The van der Waals surface area contributed by atoms with E-state index in [1.807, 2.05) is 47.4 Å². The number of nitrogens with zero attached hydrogens (tertiary/aromatic N) is 3. The Labute approximate surface area is 192 Å². The quantitative estimate of drug-likeness (QED) is 0.601. The molecule has 1 aliphatic rings. The zero-order valence-electron chi connectivity index (χ0n) is 18.4. The summed E-state index contributed by atoms with van der Waals surface area (Å²) in [6.45, 7) is 2.49. The molecule has 4 rings (SSSR count). The van der Waals surface area contributed by atoms with Crippen LogP contribution in [0.5, 0.6) is 11.5 Å². The molecule has 0 bridgehead atoms. The van der Waals surface area contributed by atoms with Crippen molar-refractivity contribution in [2.75, 3.05) is 50.1 Å². The SMILES string of the molecule is COc1cccc(C(=O)N2CCN(c3ccc(NC(=O)COc4ccccc4)cn3)CC2)c1. The maximum Gasteiger partial charge on any atom is 0.262 e. The third-order valence-corrected chi connectivity index (χ3v) is 5.35. The van der Waals surface area contributed by atoms with Gasteiger partial charge in [-0.05, 0) is 42.5 Å². The highest BCUT2D eigenvalue weighted by atomic mass is 16.5. The van der Waals surface area contributed by atoms with E-state index in [0.29, 0.717) is 48.9 Å². The minimum absolute atomic E-state index is 0.00251. The van der Waals surface area contributed by atoms with Crippen LogP contribution >= 0.6 is 0 Å². The first-order valence-electron chi connectivity index (χ1n) is 10.7. The second-order valence-corrected chi connectivity index (χ2v) is 7.57. The van der Waals surface area contributed by atoms with Crippen molar-refractivity contribution in [1.82, 2.24) is 9.88 Å². The summed E-state index contributed by atoms with van der Waals surface area (Å²) in [6.07, 6.45) is 1.63. The Bertz CT molecular complexity index is 1080. The van der Waals surface area contributed by atoms with Gasteiger partial charge < -0.3 is 24.6 Å². The van der Waals surface area contributed by atoms with Gasteiger partial charge in [-0.15, -0.1) is 0 Å². The molecule has 2 amide bonds. The van der Waals surface area contributed by atoms with Gasteiger partial charge >= 0.3 is 0 Å². The van der Waals surface area contributed by atoms with E-state index in [2.05, 4.69) is 15.2 Å². The van der Waals surface area contributed by atoms with E-state index in [1.165, 1.54) is 0 Å². The highest BCUT2D eigenvalue weighted by molar-refractivity contribution is 5.95. The molecule has 0 radical (unpaired) electrons. The molecule has 170 valence electrons. The molecule has 1 saturated heterocycles. The number of anilines is 2. The molecular weight excluding hydrogens is 420 g/mol. The van der Waals surface area contributed by atoms with E-state index in [1.54, 1.807) is 37.6 Å². The number of aromatic nitrogens is 1. The summed E-state index contributed by atoms with van der Waals surface area (Å²) in [7, 11) is 1.59. The summed E-state index contributed by atoms with van der Waals surface area (Å²) in [5, 5.41) is 2.78. The van der Waals surface area contributed by atoms with Gasteiger partial charge in [0.2, 0.25) is 0 Å². The van der Waals surface area contributed by atoms with Crippen molar-refractivity contribution < 1.29 is 19.1 Å². The van der Waals surface area contributed by atoms with Crippen LogP contribution in [-0.2, 0) is 4.79 Å². The zero-order valence-corrected chi connectivity index (χ0v) is 18.4. The number of nitrogens with one attached hydrogen (secondary N) is 1. The summed E-state index contributed by atoms with van der Waals surface area (Å²) >= 11 is 0. The predicted octanol–water partition coefficient (Wildman–Crippen LogP) is 3.07. The Morgan fingerprint density at radius 2 is 1.70 bits per heavy atom. The van der Waals surface area contributed by atoms with Crippen molar-refractivity contribution in [3.05, 3.63) is 78.5 Å². The lowest BCUT2D eigenvalue weighted by Crippen LogP contribution is -2.49. The van der Waals surface area contributed by atoms with Crippen LogP contribution in [0.15, 0.2) is 72.9 Å². The van der Waals surface area contributed by atoms with E-state index < -0.39 is 0 Å². The molecule has 3 aromatic rings. The van der Waals surface area contributed by atoms with Crippen molar-refractivity contribution >= 4 is 23.3 Å². The van der Waals surface area contributed by atoms with Crippen LogP contribution < -0.4 is 19.7 Å². The number of hydrogen-bond acceptors (Lipinski definition) is 6. The summed E-state index contributed by atoms with van der Waals surface area (Å²) in [5.74, 6) is 1.87. The number of methoxy groups -OCH3 is 1. The molecule has 1 fully saturated rings. The number of para-hydroxylation sites is 1. The molecule has 1 N–H and O–H groups in total. The lowest BCUT2D eigenvalue weighted by atomic mass is 10.1. The van der Waals surface area contributed by atoms with Gasteiger partial charge in [0.1, 0.15) is 17.3 Å². The van der Waals surface area contributed by atoms with Gasteiger partial charge in [0.15, 0.2) is 6.61 Å². The van der Waals surface area contributed by atoms with Crippen LogP contribution in [0, 0.1) is 0 Å². The molecule has 8 heteroatoms. The Balaban J connectivity index is 1.26. The first kappa shape index (κ1) is 22.1. The molecule has 33 heavy (non-hydrogen) atoms. The van der Waals surface area contributed by atoms with Crippen LogP contribution in [0.1, 0.15) is 10.4 Å². The fourth-order valence-electron chi connectivity index (χ4n) is 3.59. The zero-order chi connectivity index (χ0) is 23.0. The van der Waals surface area contributed by atoms with Gasteiger partial charge in [-0.25, -0.2) is 4.98 Å². The smallest absolute Gasteiger partial charge is 0.262 e. The van der Waals surface area contributed by atoms with Gasteiger partial charge in [0.25, 0.3) is 11.8 Å². The average Bonchev–Trinajstić information content (AvgIpc) is 2.88. The van der Waals surface area contributed by atoms with E-state index in [-0.39, 0.29) is 18.4 Å². The maximum atomic E-state index is 12.8. The molecular formula is C25H26N4O4. The van der Waals surface area contributed by atoms with Crippen molar-refractivity contribution in [2.45, 2.75) is 0 Å². The highest BCUT2D eigenvalue weighted by Crippen LogP contribution is 2.19. The summed E-state index contributed by atoms with van der Waals surface area (Å²) in [6, 6.07) is 20.1. The second kappa shape index (κ2) is 10.5. The maximum absolute atomic E-state index is 12.8. The van der Waals surface area contributed by atoms with Crippen molar-refractivity contribution in [3.63, 3.8) is 0 Å². The molecule has 2 aromatic carbocycles. The highest BCUT2D eigenvalue weighted by Gasteiger charge is 2.23. The Morgan fingerprint density at radius 1 is 0.939 bits per heavy atom. The van der Waals surface area contributed by atoms with Crippen LogP contribution in [0.2, 0.25) is 0 Å². The minimum Gasteiger partial charge on any atom is -0.497 e. The Kier molecular flexibility index (Phi) is 7.04. The van der Waals surface area contributed by atoms with Gasteiger partial charge in [-0.2, -0.15) is 0 Å². The van der Waals surface area contributed by atoms with E-state index in [4.69, 9.17) is 9.47 Å². The normalized spacial score (nSPS) is 13.4. The molecule has 1 aromatic heterocycles. The van der Waals surface area contributed by atoms with Crippen molar-refractivity contribution in [2.24, 2.45) is 0 Å². The van der Waals surface area contributed by atoms with Gasteiger partial charge in [-0.3, -0.25) is 9.59 Å². The first-order chi connectivity index (χ1) is 16.1. The molecule has 0 atom stereocenters. The van der Waals surface area contributed by atoms with E-state index in [9.17, 15) is 9.59 Å². The third-order valence-electron chi connectivity index (χ3n) is 5.35. The fraction of sp³-hybridized carbons (Fsp3) is 0.240. The van der Waals surface area contributed by atoms with Gasteiger partial charge in [0, 0.05) is 31.7 Å². The molecule has 8 nitrogen and oxygen atoms in total. The predicted molar refractivity (Wildman–Crippen MR) is 126 cm³/mol. The van der Waals surface area contributed by atoms with E-state index >= 15 is 0 Å². The molecule has 0 aliphatic carbocycles. The molecule has 1 aliphatic heterocycles. The number of hydrogen-bond donors (Lipinski definition) is 1. The second-order valence-electron chi connectivity index (χ2n) is 7.57. The monoisotopic (exact) mass is 446 g/mol. The molecule has 0 spiro atoms. The third kappa shape index (κ3) is 5.79. The number of pyridine rings is 1. The van der Waals surface area contributed by atoms with Crippen LogP contribution in [0.4, 0.5) is 11.5 Å². The number of rotatable bonds is 7. The number of ether oxygens (including phenoxy) is 2. The van der Waals surface area contributed by atoms with Crippen LogP contribution in [0.3, 0.4) is 0 Å². The Morgan fingerprint density at radius 3 is 2.39 bits per heavy atom. The van der Waals surface area contributed by atoms with Crippen LogP contribution in [-0.4, -0.2) is 61.6 Å². The summed E-state index contributed by atoms with van der Waals surface area (Å²) < 4.78 is 10.7.